The molecule has 3 aliphatic rings. The number of nitrogens with zero attached hydrogens (tertiary/aromatic N) is 2. The summed E-state index contributed by atoms with van der Waals surface area (Å²) >= 11 is 0. The molecule has 0 saturated heterocycles. The van der Waals surface area contributed by atoms with Crippen LogP contribution in [0.2, 0.25) is 0 Å². The van der Waals surface area contributed by atoms with Crippen molar-refractivity contribution in [2.45, 2.75) is 32.2 Å². The maximum atomic E-state index is 6.14. The van der Waals surface area contributed by atoms with Crippen molar-refractivity contribution in [3.05, 3.63) is 113 Å². The maximum Gasteiger partial charge on any atom is 0.161 e. The molecule has 3 aromatic rings. The third kappa shape index (κ3) is 4.18. The summed E-state index contributed by atoms with van der Waals surface area (Å²) in [6.07, 6.45) is 5.56. The highest BCUT2D eigenvalue weighted by Gasteiger charge is 2.35. The zero-order chi connectivity index (χ0) is 23.8. The lowest BCUT2D eigenvalue weighted by Gasteiger charge is -2.40. The number of hydrogen-bond acceptors (Lipinski definition) is 4. The van der Waals surface area contributed by atoms with Crippen molar-refractivity contribution in [2.75, 3.05) is 29.8 Å². The minimum atomic E-state index is -0.0197. The van der Waals surface area contributed by atoms with E-state index in [9.17, 15) is 0 Å². The van der Waals surface area contributed by atoms with Gasteiger partial charge in [0.2, 0.25) is 0 Å². The van der Waals surface area contributed by atoms with Gasteiger partial charge < -0.3 is 19.3 Å². The van der Waals surface area contributed by atoms with Gasteiger partial charge in [-0.25, -0.2) is 0 Å². The van der Waals surface area contributed by atoms with Crippen LogP contribution < -0.4 is 14.5 Å². The fourth-order valence-corrected chi connectivity index (χ4v) is 5.43. The highest BCUT2D eigenvalue weighted by molar-refractivity contribution is 5.52. The smallest absolute Gasteiger partial charge is 0.161 e. The van der Waals surface area contributed by atoms with Crippen LogP contribution in [0.5, 0.6) is 5.75 Å². The van der Waals surface area contributed by atoms with Gasteiger partial charge in [-0.05, 0) is 71.4 Å². The van der Waals surface area contributed by atoms with Crippen LogP contribution in [-0.2, 0) is 16.7 Å². The van der Waals surface area contributed by atoms with Gasteiger partial charge in [0, 0.05) is 30.0 Å². The Morgan fingerprint density at radius 2 is 1.43 bits per heavy atom. The van der Waals surface area contributed by atoms with Gasteiger partial charge in [0.25, 0.3) is 0 Å². The second-order valence-corrected chi connectivity index (χ2v) is 10.3. The topological polar surface area (TPSA) is 24.9 Å². The minimum absolute atomic E-state index is 0.0197. The quantitative estimate of drug-likeness (QED) is 0.432. The van der Waals surface area contributed by atoms with E-state index in [0.717, 1.165) is 31.0 Å². The molecule has 0 radical (unpaired) electrons. The van der Waals surface area contributed by atoms with Crippen LogP contribution in [0.25, 0.3) is 0 Å². The molecule has 0 fully saturated rings. The van der Waals surface area contributed by atoms with Gasteiger partial charge in [-0.15, -0.1) is 0 Å². The van der Waals surface area contributed by atoms with Gasteiger partial charge in [-0.1, -0.05) is 62.4 Å². The molecule has 35 heavy (non-hydrogen) atoms. The molecule has 1 unspecified atom stereocenters. The van der Waals surface area contributed by atoms with E-state index in [4.69, 9.17) is 9.47 Å². The zero-order valence-electron chi connectivity index (χ0n) is 20.5. The van der Waals surface area contributed by atoms with E-state index in [1.54, 1.807) is 0 Å². The molecule has 0 bridgehead atoms. The van der Waals surface area contributed by atoms with Crippen molar-refractivity contribution in [3.63, 3.8) is 0 Å². The van der Waals surface area contributed by atoms with E-state index >= 15 is 0 Å². The average Bonchev–Trinajstić information content (AvgIpc) is 2.92. The number of allylic oxidation sites excluding steroid dienone is 2. The van der Waals surface area contributed by atoms with E-state index in [1.165, 1.54) is 28.1 Å². The zero-order valence-corrected chi connectivity index (χ0v) is 20.5. The van der Waals surface area contributed by atoms with Gasteiger partial charge in [-0.2, -0.15) is 0 Å². The van der Waals surface area contributed by atoms with Crippen molar-refractivity contribution >= 4 is 11.4 Å². The number of benzene rings is 3. The third-order valence-electron chi connectivity index (χ3n) is 7.76. The van der Waals surface area contributed by atoms with Crippen LogP contribution in [0.1, 0.15) is 31.4 Å². The van der Waals surface area contributed by atoms with Gasteiger partial charge in [0.1, 0.15) is 11.5 Å². The Kier molecular flexibility index (Phi) is 5.52. The first-order chi connectivity index (χ1) is 17.1. The summed E-state index contributed by atoms with van der Waals surface area (Å²) < 4.78 is 12.3. The van der Waals surface area contributed by atoms with Crippen LogP contribution in [-0.4, -0.2) is 20.0 Å². The van der Waals surface area contributed by atoms with Crippen LogP contribution in [0.3, 0.4) is 0 Å². The number of para-hydroxylation sites is 2. The van der Waals surface area contributed by atoms with Crippen LogP contribution in [0.15, 0.2) is 102 Å². The molecule has 3 aromatic carbocycles. The number of hydrogen-bond donors (Lipinski definition) is 0. The Morgan fingerprint density at radius 3 is 2.14 bits per heavy atom. The fourth-order valence-electron chi connectivity index (χ4n) is 5.43. The SMILES string of the molecule is CC(C)(c1ccc2c(c1)CN(c1ccccc1)CO2)C1C=CC2=C(C1)CN(c1ccccc1)CO2. The minimum Gasteiger partial charge on any atom is -0.473 e. The third-order valence-corrected chi connectivity index (χ3v) is 7.76. The molecule has 0 spiro atoms. The van der Waals surface area contributed by atoms with Gasteiger partial charge >= 0.3 is 0 Å². The molecule has 1 atom stereocenters. The van der Waals surface area contributed by atoms with Crippen LogP contribution in [0, 0.1) is 5.92 Å². The molecule has 4 nitrogen and oxygen atoms in total. The summed E-state index contributed by atoms with van der Waals surface area (Å²) in [6.45, 7) is 7.70. The normalized spacial score (nSPS) is 19.5. The van der Waals surface area contributed by atoms with Gasteiger partial charge in [0.05, 0.1) is 0 Å². The van der Waals surface area contributed by atoms with E-state index in [0.29, 0.717) is 19.4 Å². The second-order valence-electron chi connectivity index (χ2n) is 10.3. The Hall–Kier alpha value is -3.66. The summed E-state index contributed by atoms with van der Waals surface area (Å²) in [6, 6.07) is 27.8. The number of rotatable bonds is 4. The Labute approximate surface area is 208 Å². The summed E-state index contributed by atoms with van der Waals surface area (Å²) in [7, 11) is 0. The first-order valence-electron chi connectivity index (χ1n) is 12.5. The standard InChI is InChI=1S/C31H32N2O2/c1-31(2,25-13-15-29-23(17-25)19-32(21-34-29)27-9-5-3-6-10-27)26-14-16-30-24(18-26)20-33(22-35-30)28-11-7-4-8-12-28/h3-17,26H,18-22H2,1-2H3. The number of anilines is 2. The van der Waals surface area contributed by atoms with Gasteiger partial charge in [0.15, 0.2) is 13.5 Å². The lowest BCUT2D eigenvalue weighted by atomic mass is 9.69. The molecular formula is C31H32N2O2. The summed E-state index contributed by atoms with van der Waals surface area (Å²) in [5.74, 6) is 2.45. The predicted molar refractivity (Wildman–Crippen MR) is 142 cm³/mol. The molecule has 0 saturated carbocycles. The van der Waals surface area contributed by atoms with E-state index in [1.807, 2.05) is 0 Å². The first-order valence-corrected chi connectivity index (χ1v) is 12.5. The fraction of sp³-hybridized carbons (Fsp3) is 0.290. The van der Waals surface area contributed by atoms with Crippen molar-refractivity contribution in [3.8, 4) is 5.75 Å². The summed E-state index contributed by atoms with van der Waals surface area (Å²) in [4.78, 5) is 4.60. The van der Waals surface area contributed by atoms with Gasteiger partial charge in [-0.3, -0.25) is 0 Å². The van der Waals surface area contributed by atoms with E-state index in [-0.39, 0.29) is 5.41 Å². The number of fused-ring (bicyclic) bond motifs is 1. The molecule has 0 amide bonds. The van der Waals surface area contributed by atoms with Crippen LogP contribution in [0.4, 0.5) is 11.4 Å². The Bertz CT molecular complexity index is 1260. The lowest BCUT2D eigenvalue weighted by Crippen LogP contribution is -2.37. The molecular weight excluding hydrogens is 432 g/mol. The maximum absolute atomic E-state index is 6.14. The van der Waals surface area contributed by atoms with E-state index < -0.39 is 0 Å². The summed E-state index contributed by atoms with van der Waals surface area (Å²) in [5, 5.41) is 0. The molecule has 6 rings (SSSR count). The molecule has 0 N–H and O–H groups in total. The molecule has 1 aliphatic carbocycles. The van der Waals surface area contributed by atoms with Crippen molar-refractivity contribution in [1.29, 1.82) is 0 Å². The molecule has 178 valence electrons. The first kappa shape index (κ1) is 21.8. The number of ether oxygens (including phenoxy) is 2. The highest BCUT2D eigenvalue weighted by Crippen LogP contribution is 2.42. The second kappa shape index (κ2) is 8.84. The van der Waals surface area contributed by atoms with Crippen molar-refractivity contribution in [1.82, 2.24) is 0 Å². The highest BCUT2D eigenvalue weighted by atomic mass is 16.5. The Balaban J connectivity index is 1.21. The van der Waals surface area contributed by atoms with Crippen molar-refractivity contribution < 1.29 is 9.47 Å². The monoisotopic (exact) mass is 464 g/mol. The van der Waals surface area contributed by atoms with Crippen molar-refractivity contribution in [2.24, 2.45) is 5.92 Å². The van der Waals surface area contributed by atoms with E-state index in [2.05, 4.69) is 115 Å². The Morgan fingerprint density at radius 1 is 0.771 bits per heavy atom. The predicted octanol–water partition coefficient (Wildman–Crippen LogP) is 6.65. The van der Waals surface area contributed by atoms with Crippen LogP contribution >= 0.6 is 0 Å². The molecule has 4 heteroatoms. The average molecular weight is 465 g/mol. The molecule has 0 aromatic heterocycles. The molecule has 2 aliphatic heterocycles. The largest absolute Gasteiger partial charge is 0.473 e. The molecule has 2 heterocycles. The summed E-state index contributed by atoms with van der Waals surface area (Å²) in [5.41, 5.74) is 6.37. The lowest BCUT2D eigenvalue weighted by molar-refractivity contribution is 0.197.